The Morgan fingerprint density at radius 1 is 1.10 bits per heavy atom. The van der Waals surface area contributed by atoms with Crippen LogP contribution in [0, 0.1) is 0 Å². The van der Waals surface area contributed by atoms with E-state index in [0.29, 0.717) is 29.7 Å². The molecule has 0 aromatic carbocycles. The molecule has 0 saturated carbocycles. The molecular formula is C15H26ClN3O. The number of hydrogen-bond acceptors (Lipinski definition) is 4. The van der Waals surface area contributed by atoms with E-state index in [2.05, 4.69) is 56.4 Å². The van der Waals surface area contributed by atoms with E-state index in [0.717, 1.165) is 12.1 Å². The van der Waals surface area contributed by atoms with Gasteiger partial charge in [-0.25, -0.2) is 9.97 Å². The summed E-state index contributed by atoms with van der Waals surface area (Å²) in [4.78, 5) is 10.6. The van der Waals surface area contributed by atoms with Crippen molar-refractivity contribution in [3.63, 3.8) is 0 Å². The summed E-state index contributed by atoms with van der Waals surface area (Å²) in [5.41, 5.74) is 0.884. The fraction of sp³-hybridized carbons (Fsp3) is 0.733. The molecule has 0 radical (unpaired) electrons. The second-order valence-corrected chi connectivity index (χ2v) is 6.17. The molecule has 0 unspecified atom stereocenters. The van der Waals surface area contributed by atoms with Crippen molar-refractivity contribution < 1.29 is 4.74 Å². The summed E-state index contributed by atoms with van der Waals surface area (Å²) >= 11 is 6.13. The molecule has 0 bridgehead atoms. The Morgan fingerprint density at radius 2 is 1.70 bits per heavy atom. The van der Waals surface area contributed by atoms with Crippen LogP contribution in [0.4, 0.5) is 0 Å². The lowest BCUT2D eigenvalue weighted by atomic mass is 10.1. The van der Waals surface area contributed by atoms with Gasteiger partial charge in [0.15, 0.2) is 0 Å². The third kappa shape index (κ3) is 4.60. The molecule has 1 heterocycles. The first kappa shape index (κ1) is 17.2. The van der Waals surface area contributed by atoms with Crippen LogP contribution in [0.15, 0.2) is 6.33 Å². The molecule has 114 valence electrons. The quantitative estimate of drug-likeness (QED) is 0.719. The van der Waals surface area contributed by atoms with Crippen LogP contribution in [0.5, 0.6) is 5.88 Å². The minimum absolute atomic E-state index is 0.241. The second kappa shape index (κ2) is 7.79. The van der Waals surface area contributed by atoms with Crippen molar-refractivity contribution in [1.82, 2.24) is 14.9 Å². The summed E-state index contributed by atoms with van der Waals surface area (Å²) in [5, 5.41) is 0.481. The maximum absolute atomic E-state index is 6.13. The van der Waals surface area contributed by atoms with Gasteiger partial charge in [-0.05, 0) is 33.6 Å². The third-order valence-electron chi connectivity index (χ3n) is 3.29. The summed E-state index contributed by atoms with van der Waals surface area (Å²) in [5.74, 6) is 0.845. The Bertz CT molecular complexity index is 414. The topological polar surface area (TPSA) is 38.3 Å². The Labute approximate surface area is 127 Å². The number of aromatic nitrogens is 2. The van der Waals surface area contributed by atoms with E-state index in [4.69, 9.17) is 16.3 Å². The second-order valence-electron chi connectivity index (χ2n) is 5.81. The molecule has 20 heavy (non-hydrogen) atoms. The van der Waals surface area contributed by atoms with Gasteiger partial charge in [0.1, 0.15) is 18.1 Å². The van der Waals surface area contributed by atoms with Gasteiger partial charge in [0.05, 0.1) is 5.56 Å². The Hall–Kier alpha value is -0.870. The minimum Gasteiger partial charge on any atom is -0.476 e. The number of ether oxygens (including phenoxy) is 1. The molecule has 1 rings (SSSR count). The van der Waals surface area contributed by atoms with E-state index < -0.39 is 0 Å². The third-order valence-corrected chi connectivity index (χ3v) is 3.59. The van der Waals surface area contributed by atoms with E-state index in [9.17, 15) is 0 Å². The Kier molecular flexibility index (Phi) is 6.69. The smallest absolute Gasteiger partial charge is 0.221 e. The van der Waals surface area contributed by atoms with Crippen LogP contribution in [-0.2, 0) is 0 Å². The predicted octanol–water partition coefficient (Wildman–Crippen LogP) is 3.75. The number of hydrogen-bond donors (Lipinski definition) is 0. The summed E-state index contributed by atoms with van der Waals surface area (Å²) < 4.78 is 5.83. The normalized spacial score (nSPS) is 11.9. The molecule has 0 aliphatic heterocycles. The van der Waals surface area contributed by atoms with E-state index in [1.807, 2.05) is 0 Å². The Balaban J connectivity index is 2.69. The number of nitrogens with zero attached hydrogens (tertiary/aromatic N) is 3. The highest BCUT2D eigenvalue weighted by molar-refractivity contribution is 6.30. The molecule has 0 spiro atoms. The average Bonchev–Trinajstić information content (AvgIpc) is 2.33. The van der Waals surface area contributed by atoms with Crippen molar-refractivity contribution in [3.05, 3.63) is 17.0 Å². The average molecular weight is 300 g/mol. The van der Waals surface area contributed by atoms with Crippen molar-refractivity contribution >= 4 is 11.6 Å². The number of rotatable bonds is 7. The lowest BCUT2D eigenvalue weighted by molar-refractivity contribution is 0.139. The fourth-order valence-corrected chi connectivity index (χ4v) is 2.66. The first-order valence-corrected chi connectivity index (χ1v) is 7.61. The van der Waals surface area contributed by atoms with Gasteiger partial charge in [0.2, 0.25) is 5.88 Å². The van der Waals surface area contributed by atoms with Crippen LogP contribution in [0.2, 0.25) is 5.15 Å². The molecule has 1 aromatic rings. The molecule has 0 aliphatic rings. The monoisotopic (exact) mass is 299 g/mol. The van der Waals surface area contributed by atoms with Crippen molar-refractivity contribution in [3.8, 4) is 5.88 Å². The van der Waals surface area contributed by atoms with Crippen molar-refractivity contribution in [2.45, 2.75) is 59.5 Å². The zero-order valence-corrected chi connectivity index (χ0v) is 14.1. The van der Waals surface area contributed by atoms with Gasteiger partial charge in [0, 0.05) is 18.6 Å². The van der Waals surface area contributed by atoms with Crippen LogP contribution < -0.4 is 4.74 Å². The largest absolute Gasteiger partial charge is 0.476 e. The molecule has 0 fully saturated rings. The van der Waals surface area contributed by atoms with E-state index >= 15 is 0 Å². The summed E-state index contributed by atoms with van der Waals surface area (Å²) in [6, 6.07) is 0.995. The van der Waals surface area contributed by atoms with Crippen molar-refractivity contribution in [2.75, 3.05) is 13.2 Å². The first-order valence-electron chi connectivity index (χ1n) is 7.23. The molecule has 4 nitrogen and oxygen atoms in total. The van der Waals surface area contributed by atoms with Crippen LogP contribution in [0.1, 0.15) is 53.0 Å². The van der Waals surface area contributed by atoms with Crippen LogP contribution in [0.25, 0.3) is 0 Å². The van der Waals surface area contributed by atoms with Crippen LogP contribution in [0.3, 0.4) is 0 Å². The molecule has 5 heteroatoms. The molecule has 0 N–H and O–H groups in total. The minimum atomic E-state index is 0.241. The Morgan fingerprint density at radius 3 is 2.20 bits per heavy atom. The lowest BCUT2D eigenvalue weighted by Crippen LogP contribution is -2.39. The van der Waals surface area contributed by atoms with Gasteiger partial charge < -0.3 is 4.74 Å². The van der Waals surface area contributed by atoms with Crippen LogP contribution in [-0.4, -0.2) is 40.1 Å². The van der Waals surface area contributed by atoms with E-state index in [1.54, 1.807) is 0 Å². The predicted molar refractivity (Wildman–Crippen MR) is 83.6 cm³/mol. The van der Waals surface area contributed by atoms with Gasteiger partial charge >= 0.3 is 0 Å². The fourth-order valence-electron chi connectivity index (χ4n) is 2.32. The highest BCUT2D eigenvalue weighted by Gasteiger charge is 2.16. The van der Waals surface area contributed by atoms with Crippen molar-refractivity contribution in [2.24, 2.45) is 0 Å². The molecular weight excluding hydrogens is 274 g/mol. The molecule has 1 aromatic heterocycles. The van der Waals surface area contributed by atoms with Gasteiger partial charge in [-0.15, -0.1) is 0 Å². The lowest BCUT2D eigenvalue weighted by Gasteiger charge is -2.30. The molecule has 0 saturated heterocycles. The molecule has 0 aliphatic carbocycles. The summed E-state index contributed by atoms with van der Waals surface area (Å²) in [6.07, 6.45) is 1.45. The zero-order chi connectivity index (χ0) is 15.3. The van der Waals surface area contributed by atoms with Gasteiger partial charge in [-0.3, -0.25) is 4.90 Å². The maximum atomic E-state index is 6.13. The van der Waals surface area contributed by atoms with E-state index in [-0.39, 0.29) is 5.92 Å². The van der Waals surface area contributed by atoms with Crippen molar-refractivity contribution in [1.29, 1.82) is 0 Å². The summed E-state index contributed by atoms with van der Waals surface area (Å²) in [7, 11) is 0. The first-order chi connectivity index (χ1) is 9.34. The van der Waals surface area contributed by atoms with Gasteiger partial charge in [-0.2, -0.15) is 0 Å². The maximum Gasteiger partial charge on any atom is 0.221 e. The van der Waals surface area contributed by atoms with Crippen LogP contribution >= 0.6 is 11.6 Å². The van der Waals surface area contributed by atoms with E-state index in [1.165, 1.54) is 6.33 Å². The molecule has 0 amide bonds. The highest BCUT2D eigenvalue weighted by Crippen LogP contribution is 2.29. The van der Waals surface area contributed by atoms with Gasteiger partial charge in [-0.1, -0.05) is 25.4 Å². The van der Waals surface area contributed by atoms with Gasteiger partial charge in [0.25, 0.3) is 0 Å². The highest BCUT2D eigenvalue weighted by atomic mass is 35.5. The SMILES string of the molecule is CC(C)c1c(Cl)ncnc1OCCN(C(C)C)C(C)C. The standard InChI is InChI=1S/C15H26ClN3O/c1-10(2)13-14(16)17-9-18-15(13)20-8-7-19(11(3)4)12(5)6/h9-12H,7-8H2,1-6H3. The molecule has 0 atom stereocenters. The summed E-state index contributed by atoms with van der Waals surface area (Å²) in [6.45, 7) is 14.4. The number of halogens is 1. The zero-order valence-electron chi connectivity index (χ0n) is 13.4.